The molecule has 8 heteroatoms. The molecule has 0 atom stereocenters. The lowest BCUT2D eigenvalue weighted by Crippen LogP contribution is -2.33. The number of carbonyl (C=O) groups excluding carboxylic acids is 1. The molecule has 1 aromatic carbocycles. The van der Waals surface area contributed by atoms with Gasteiger partial charge in [-0.25, -0.2) is 4.99 Å². The summed E-state index contributed by atoms with van der Waals surface area (Å²) < 4.78 is 0. The number of thiophene rings is 1. The molecular formula is C18H20Cl2N4OS. The Morgan fingerprint density at radius 3 is 2.69 bits per heavy atom. The second kappa shape index (κ2) is 7.56. The highest BCUT2D eigenvalue weighted by atomic mass is 35.5. The van der Waals surface area contributed by atoms with Gasteiger partial charge in [0, 0.05) is 36.6 Å². The van der Waals surface area contributed by atoms with Crippen LogP contribution in [-0.4, -0.2) is 34.8 Å². The maximum atomic E-state index is 11.6. The number of hydrogen-bond acceptors (Lipinski definition) is 5. The highest BCUT2D eigenvalue weighted by Gasteiger charge is 2.33. The normalized spacial score (nSPS) is 17.9. The smallest absolute Gasteiger partial charge is 0.246 e. The number of carbonyl (C=O) groups is 1. The van der Waals surface area contributed by atoms with E-state index in [2.05, 4.69) is 45.5 Å². The minimum absolute atomic E-state index is 0. The van der Waals surface area contributed by atoms with Crippen LogP contribution in [0.15, 0.2) is 35.3 Å². The van der Waals surface area contributed by atoms with Gasteiger partial charge in [0.2, 0.25) is 11.9 Å². The number of halogens is 2. The minimum Gasteiger partial charge on any atom is -0.329 e. The van der Waals surface area contributed by atoms with E-state index < -0.39 is 0 Å². The first-order valence-electron chi connectivity index (χ1n) is 8.29. The molecule has 1 N–H and O–H groups in total. The molecule has 0 radical (unpaired) electrons. The van der Waals surface area contributed by atoms with Crippen LogP contribution in [0.3, 0.4) is 0 Å². The molecule has 0 bridgehead atoms. The predicted molar refractivity (Wildman–Crippen MR) is 109 cm³/mol. The quantitative estimate of drug-likeness (QED) is 0.827. The van der Waals surface area contributed by atoms with E-state index in [1.165, 1.54) is 21.6 Å². The summed E-state index contributed by atoms with van der Waals surface area (Å²) in [5.41, 5.74) is 4.13. The Balaban J connectivity index is 0.000000980. The number of benzene rings is 1. The third-order valence-corrected chi connectivity index (χ3v) is 6.13. The van der Waals surface area contributed by atoms with Crippen LogP contribution >= 0.6 is 36.2 Å². The van der Waals surface area contributed by atoms with Gasteiger partial charge in [0.15, 0.2) is 0 Å². The van der Waals surface area contributed by atoms with E-state index in [9.17, 15) is 4.79 Å². The molecule has 1 saturated heterocycles. The van der Waals surface area contributed by atoms with E-state index in [0.717, 1.165) is 43.6 Å². The Labute approximate surface area is 168 Å². The summed E-state index contributed by atoms with van der Waals surface area (Å²) in [6.45, 7) is 4.30. The average Bonchev–Trinajstić information content (AvgIpc) is 3.12. The van der Waals surface area contributed by atoms with Gasteiger partial charge in [0.05, 0.1) is 0 Å². The van der Waals surface area contributed by atoms with Gasteiger partial charge in [-0.05, 0) is 17.5 Å². The van der Waals surface area contributed by atoms with E-state index in [1.54, 1.807) is 11.3 Å². The van der Waals surface area contributed by atoms with Crippen molar-refractivity contribution in [2.75, 3.05) is 13.1 Å². The van der Waals surface area contributed by atoms with Crippen molar-refractivity contribution in [1.29, 1.82) is 0 Å². The molecule has 138 valence electrons. The first-order valence-corrected chi connectivity index (χ1v) is 9.11. The molecule has 0 spiro atoms. The second-order valence-electron chi connectivity index (χ2n) is 6.57. The monoisotopic (exact) mass is 410 g/mol. The molecular weight excluding hydrogens is 391 g/mol. The third-order valence-electron chi connectivity index (χ3n) is 4.91. The Kier molecular flexibility index (Phi) is 5.58. The molecule has 4 heterocycles. The van der Waals surface area contributed by atoms with Crippen LogP contribution in [-0.2, 0) is 30.8 Å². The zero-order valence-corrected chi connectivity index (χ0v) is 16.6. The molecule has 0 saturated carbocycles. The van der Waals surface area contributed by atoms with Crippen LogP contribution in [0.1, 0.15) is 21.6 Å². The topological polar surface area (TPSA) is 47.9 Å². The van der Waals surface area contributed by atoms with E-state index in [1.807, 2.05) is 4.90 Å². The van der Waals surface area contributed by atoms with Crippen LogP contribution in [0.4, 0.5) is 5.00 Å². The number of amides is 1. The van der Waals surface area contributed by atoms with Crippen molar-refractivity contribution in [3.63, 3.8) is 0 Å². The Morgan fingerprint density at radius 2 is 1.88 bits per heavy atom. The number of nitrogens with zero attached hydrogens (tertiary/aromatic N) is 3. The molecule has 3 aliphatic rings. The van der Waals surface area contributed by atoms with Gasteiger partial charge in [0.25, 0.3) is 0 Å². The predicted octanol–water partition coefficient (Wildman–Crippen LogP) is 3.08. The number of rotatable bonds is 2. The number of fused-ring (bicyclic) bond motifs is 4. The van der Waals surface area contributed by atoms with Crippen molar-refractivity contribution < 1.29 is 4.79 Å². The Bertz CT molecular complexity index is 852. The second-order valence-corrected chi connectivity index (χ2v) is 7.66. The van der Waals surface area contributed by atoms with Crippen LogP contribution in [0.5, 0.6) is 0 Å². The Hall–Kier alpha value is -1.60. The molecule has 1 fully saturated rings. The highest BCUT2D eigenvalue weighted by molar-refractivity contribution is 7.16. The van der Waals surface area contributed by atoms with Gasteiger partial charge in [-0.2, -0.15) is 0 Å². The molecule has 26 heavy (non-hydrogen) atoms. The molecule has 3 aliphatic heterocycles. The van der Waals surface area contributed by atoms with Gasteiger partial charge in [-0.15, -0.1) is 36.2 Å². The molecule has 0 unspecified atom stereocenters. The molecule has 2 aromatic rings. The summed E-state index contributed by atoms with van der Waals surface area (Å²) >= 11 is 1.80. The summed E-state index contributed by atoms with van der Waals surface area (Å²) in [6.07, 6.45) is 1.09. The number of hydrogen-bond donors (Lipinski definition) is 1. The zero-order chi connectivity index (χ0) is 16.1. The summed E-state index contributed by atoms with van der Waals surface area (Å²) in [5.74, 6) is 0.774. The fraction of sp³-hybridized carbons (Fsp3) is 0.333. The van der Waals surface area contributed by atoms with Crippen molar-refractivity contribution in [2.24, 2.45) is 4.99 Å². The SMILES string of the molecule is Cl.Cl.O=C1CN2Cc3c(sc4c3CN(Cc3ccccc3)CC4)N=C2N1. The van der Waals surface area contributed by atoms with Crippen molar-refractivity contribution in [2.45, 2.75) is 26.1 Å². The number of nitrogens with one attached hydrogen (secondary N) is 1. The standard InChI is InChI=1S/C18H18N4OS.2ClH/c23-16-11-22-10-14-13-9-21(8-12-4-2-1-3-5-12)7-6-15(13)24-17(14)20-18(22)19-16;;/h1-5H,6-11H2,(H,19,20,23);2*1H. The van der Waals surface area contributed by atoms with Gasteiger partial charge in [0.1, 0.15) is 11.5 Å². The van der Waals surface area contributed by atoms with Crippen molar-refractivity contribution >= 4 is 53.0 Å². The fourth-order valence-corrected chi connectivity index (χ4v) is 4.90. The van der Waals surface area contributed by atoms with E-state index in [-0.39, 0.29) is 30.7 Å². The van der Waals surface area contributed by atoms with Gasteiger partial charge in [-0.1, -0.05) is 30.3 Å². The summed E-state index contributed by atoms with van der Waals surface area (Å²) in [7, 11) is 0. The van der Waals surface area contributed by atoms with Gasteiger partial charge in [-0.3, -0.25) is 15.0 Å². The Morgan fingerprint density at radius 1 is 1.08 bits per heavy atom. The van der Waals surface area contributed by atoms with Crippen LogP contribution in [0.2, 0.25) is 0 Å². The van der Waals surface area contributed by atoms with Crippen LogP contribution in [0.25, 0.3) is 0 Å². The van der Waals surface area contributed by atoms with Crippen molar-refractivity contribution in [3.8, 4) is 0 Å². The van der Waals surface area contributed by atoms with E-state index in [4.69, 9.17) is 0 Å². The first kappa shape index (κ1) is 19.2. The highest BCUT2D eigenvalue weighted by Crippen LogP contribution is 2.42. The summed E-state index contributed by atoms with van der Waals surface area (Å²) in [5, 5.41) is 3.94. The average molecular weight is 411 g/mol. The maximum Gasteiger partial charge on any atom is 0.246 e. The minimum atomic E-state index is 0. The fourth-order valence-electron chi connectivity index (χ4n) is 3.72. The molecule has 1 aromatic heterocycles. The lowest BCUT2D eigenvalue weighted by Gasteiger charge is -2.29. The van der Waals surface area contributed by atoms with Crippen LogP contribution in [0, 0.1) is 0 Å². The summed E-state index contributed by atoms with van der Waals surface area (Å²) in [6, 6.07) is 10.6. The maximum absolute atomic E-state index is 11.6. The number of aliphatic imine (C=N–C) groups is 1. The van der Waals surface area contributed by atoms with E-state index in [0.29, 0.717) is 6.54 Å². The summed E-state index contributed by atoms with van der Waals surface area (Å²) in [4.78, 5) is 22.3. The number of guanidine groups is 1. The van der Waals surface area contributed by atoms with Gasteiger partial charge >= 0.3 is 0 Å². The largest absolute Gasteiger partial charge is 0.329 e. The lowest BCUT2D eigenvalue weighted by molar-refractivity contribution is -0.118. The molecule has 1 amide bonds. The first-order chi connectivity index (χ1) is 11.8. The van der Waals surface area contributed by atoms with Crippen molar-refractivity contribution in [1.82, 2.24) is 15.1 Å². The third kappa shape index (κ3) is 3.34. The zero-order valence-electron chi connectivity index (χ0n) is 14.1. The van der Waals surface area contributed by atoms with E-state index >= 15 is 0 Å². The van der Waals surface area contributed by atoms with Crippen LogP contribution < -0.4 is 5.32 Å². The van der Waals surface area contributed by atoms with Crippen molar-refractivity contribution in [3.05, 3.63) is 51.9 Å². The molecule has 5 nitrogen and oxygen atoms in total. The molecule has 5 rings (SSSR count). The lowest BCUT2D eigenvalue weighted by atomic mass is 10.0. The van der Waals surface area contributed by atoms with Gasteiger partial charge < -0.3 is 4.90 Å². The molecule has 0 aliphatic carbocycles.